The first-order valence-corrected chi connectivity index (χ1v) is 3.40. The Hall–Kier alpha value is -1.78. The number of anilines is 1. The number of nitrogens with zero attached hydrogens (tertiary/aromatic N) is 1. The van der Waals surface area contributed by atoms with Gasteiger partial charge in [0.25, 0.3) is 0 Å². The van der Waals surface area contributed by atoms with Gasteiger partial charge in [-0.2, -0.15) is 5.10 Å². The topological polar surface area (TPSA) is 84.8 Å². The van der Waals surface area contributed by atoms with Crippen LogP contribution in [0.1, 0.15) is 6.92 Å². The van der Waals surface area contributed by atoms with E-state index < -0.39 is 0 Å². The van der Waals surface area contributed by atoms with Crippen molar-refractivity contribution in [2.45, 2.75) is 6.92 Å². The quantitative estimate of drug-likeness (QED) is 0.507. The minimum absolute atomic E-state index is 0.0593. The number of hydrogen-bond donors (Lipinski definition) is 4. The van der Waals surface area contributed by atoms with Crippen molar-refractivity contribution in [1.82, 2.24) is 10.2 Å². The molecular formula is C7H10N4O. The highest BCUT2D eigenvalue weighted by Crippen LogP contribution is 2.17. The van der Waals surface area contributed by atoms with Crippen molar-refractivity contribution in [1.29, 1.82) is 5.41 Å². The van der Waals surface area contributed by atoms with Gasteiger partial charge in [-0.3, -0.25) is 5.10 Å². The van der Waals surface area contributed by atoms with Gasteiger partial charge in [-0.1, -0.05) is 0 Å². The molecule has 0 unspecified atom stereocenters. The molecule has 1 rings (SSSR count). The smallest absolute Gasteiger partial charge is 0.178 e. The largest absolute Gasteiger partial charge is 0.503 e. The van der Waals surface area contributed by atoms with Crippen LogP contribution in [0.3, 0.4) is 0 Å². The molecule has 1 heterocycles. The minimum Gasteiger partial charge on any atom is -0.503 e. The molecule has 64 valence electrons. The molecule has 0 saturated heterocycles. The molecule has 0 aromatic carbocycles. The summed E-state index contributed by atoms with van der Waals surface area (Å²) in [4.78, 5) is 0. The van der Waals surface area contributed by atoms with Gasteiger partial charge in [0.2, 0.25) is 0 Å². The molecule has 1 aromatic rings. The van der Waals surface area contributed by atoms with Crippen LogP contribution in [0, 0.1) is 5.41 Å². The maximum absolute atomic E-state index is 9.09. The van der Waals surface area contributed by atoms with Crippen molar-refractivity contribution in [3.63, 3.8) is 0 Å². The van der Waals surface area contributed by atoms with Gasteiger partial charge in [0, 0.05) is 12.4 Å². The van der Waals surface area contributed by atoms with Gasteiger partial charge in [0.1, 0.15) is 0 Å². The summed E-state index contributed by atoms with van der Waals surface area (Å²) in [6, 6.07) is 0. The Morgan fingerprint density at radius 2 is 2.58 bits per heavy atom. The van der Waals surface area contributed by atoms with Crippen LogP contribution in [0.5, 0.6) is 5.75 Å². The molecule has 0 fully saturated rings. The van der Waals surface area contributed by atoms with Gasteiger partial charge >= 0.3 is 0 Å². The van der Waals surface area contributed by atoms with Crippen molar-refractivity contribution in [2.75, 3.05) is 5.32 Å². The van der Waals surface area contributed by atoms with Gasteiger partial charge in [0.15, 0.2) is 11.6 Å². The molecule has 5 heteroatoms. The molecule has 0 radical (unpaired) electrons. The monoisotopic (exact) mass is 166 g/mol. The molecule has 4 N–H and O–H groups in total. The van der Waals surface area contributed by atoms with Gasteiger partial charge in [-0.15, -0.1) is 0 Å². The van der Waals surface area contributed by atoms with E-state index in [1.54, 1.807) is 13.1 Å². The Bertz CT molecular complexity index is 302. The van der Waals surface area contributed by atoms with E-state index in [0.29, 0.717) is 5.82 Å². The summed E-state index contributed by atoms with van der Waals surface area (Å²) in [5.41, 5.74) is 0.754. The lowest BCUT2D eigenvalue weighted by molar-refractivity contribution is 0.478. The summed E-state index contributed by atoms with van der Waals surface area (Å²) in [6.45, 7) is 1.77. The zero-order chi connectivity index (χ0) is 8.97. The Balaban J connectivity index is 2.65. The van der Waals surface area contributed by atoms with E-state index in [4.69, 9.17) is 10.5 Å². The predicted molar refractivity (Wildman–Crippen MR) is 46.4 cm³/mol. The number of allylic oxidation sites excluding steroid dienone is 1. The molecule has 0 spiro atoms. The zero-order valence-corrected chi connectivity index (χ0v) is 6.63. The average Bonchev–Trinajstić information content (AvgIpc) is 2.47. The first-order chi connectivity index (χ1) is 5.74. The summed E-state index contributed by atoms with van der Waals surface area (Å²) in [6.07, 6.45) is 4.11. The maximum atomic E-state index is 9.09. The third-order valence-corrected chi connectivity index (χ3v) is 1.29. The second-order valence-electron chi connectivity index (χ2n) is 2.31. The highest BCUT2D eigenvalue weighted by atomic mass is 16.3. The van der Waals surface area contributed by atoms with Crippen molar-refractivity contribution in [3.05, 3.63) is 18.0 Å². The van der Waals surface area contributed by atoms with E-state index in [1.165, 1.54) is 12.4 Å². The van der Waals surface area contributed by atoms with Crippen LogP contribution in [-0.2, 0) is 0 Å². The summed E-state index contributed by atoms with van der Waals surface area (Å²) >= 11 is 0. The molecule has 0 saturated carbocycles. The van der Waals surface area contributed by atoms with Crippen LogP contribution in [0.15, 0.2) is 18.0 Å². The average molecular weight is 166 g/mol. The molecule has 0 aliphatic rings. The fourth-order valence-corrected chi connectivity index (χ4v) is 0.614. The zero-order valence-electron chi connectivity index (χ0n) is 6.63. The van der Waals surface area contributed by atoms with E-state index in [2.05, 4.69) is 15.5 Å². The maximum Gasteiger partial charge on any atom is 0.178 e. The Labute approximate surface area is 69.6 Å². The second kappa shape index (κ2) is 3.56. The lowest BCUT2D eigenvalue weighted by Crippen LogP contribution is -1.90. The second-order valence-corrected chi connectivity index (χ2v) is 2.31. The molecule has 0 amide bonds. The molecule has 5 nitrogen and oxygen atoms in total. The van der Waals surface area contributed by atoms with Crippen LogP contribution in [0.4, 0.5) is 5.82 Å². The minimum atomic E-state index is 0.0593. The van der Waals surface area contributed by atoms with Crippen LogP contribution in [-0.4, -0.2) is 21.5 Å². The lowest BCUT2D eigenvalue weighted by atomic mass is 10.4. The van der Waals surface area contributed by atoms with Gasteiger partial charge < -0.3 is 15.8 Å². The standard InChI is InChI=1S/C7H10N4O/c1-5(2-8)3-9-7-6(12)4-10-11-7/h2-4,8,12H,1H3,(H2,9,10,11)/b5-3-,8-2?. The highest BCUT2D eigenvalue weighted by Gasteiger charge is 1.98. The van der Waals surface area contributed by atoms with Crippen LogP contribution >= 0.6 is 0 Å². The molecule has 0 atom stereocenters. The predicted octanol–water partition coefficient (Wildman–Crippen LogP) is 1.08. The summed E-state index contributed by atoms with van der Waals surface area (Å²) in [5, 5.41) is 24.9. The molecule has 0 aliphatic carbocycles. The number of hydrogen-bond acceptors (Lipinski definition) is 4. The Kier molecular flexibility index (Phi) is 2.47. The number of aromatic nitrogens is 2. The van der Waals surface area contributed by atoms with E-state index >= 15 is 0 Å². The molecule has 0 aliphatic heterocycles. The number of H-pyrrole nitrogens is 1. The van der Waals surface area contributed by atoms with E-state index in [-0.39, 0.29) is 5.75 Å². The van der Waals surface area contributed by atoms with Gasteiger partial charge in [-0.05, 0) is 12.5 Å². The fourth-order valence-electron chi connectivity index (χ4n) is 0.614. The number of rotatable bonds is 3. The van der Waals surface area contributed by atoms with Crippen molar-refractivity contribution in [2.24, 2.45) is 0 Å². The van der Waals surface area contributed by atoms with Crippen molar-refractivity contribution in [3.8, 4) is 5.75 Å². The normalized spacial score (nSPS) is 11.2. The van der Waals surface area contributed by atoms with E-state index in [0.717, 1.165) is 5.57 Å². The SMILES string of the molecule is C/C(C=N)=C/Nc1[nH]ncc1O. The fraction of sp³-hybridized carbons (Fsp3) is 0.143. The van der Waals surface area contributed by atoms with Gasteiger partial charge in [-0.25, -0.2) is 0 Å². The van der Waals surface area contributed by atoms with Crippen molar-refractivity contribution < 1.29 is 5.11 Å². The number of nitrogens with one attached hydrogen (secondary N) is 3. The lowest BCUT2D eigenvalue weighted by Gasteiger charge is -1.96. The van der Waals surface area contributed by atoms with E-state index in [1.807, 2.05) is 0 Å². The summed E-state index contributed by atoms with van der Waals surface area (Å²) < 4.78 is 0. The first-order valence-electron chi connectivity index (χ1n) is 3.40. The van der Waals surface area contributed by atoms with Crippen LogP contribution in [0.25, 0.3) is 0 Å². The molecule has 0 bridgehead atoms. The molecule has 1 aromatic heterocycles. The summed E-state index contributed by atoms with van der Waals surface area (Å²) in [7, 11) is 0. The third-order valence-electron chi connectivity index (χ3n) is 1.29. The number of aromatic hydroxyl groups is 1. The van der Waals surface area contributed by atoms with Gasteiger partial charge in [0.05, 0.1) is 6.20 Å². The third kappa shape index (κ3) is 1.85. The van der Waals surface area contributed by atoms with Crippen LogP contribution in [0.2, 0.25) is 0 Å². The number of aromatic amines is 1. The van der Waals surface area contributed by atoms with Crippen LogP contribution < -0.4 is 5.32 Å². The highest BCUT2D eigenvalue weighted by molar-refractivity contribution is 5.75. The summed E-state index contributed by atoms with van der Waals surface area (Å²) in [5.74, 6) is 0.486. The Morgan fingerprint density at radius 3 is 3.08 bits per heavy atom. The molecule has 12 heavy (non-hydrogen) atoms. The first kappa shape index (κ1) is 8.32. The molecular weight excluding hydrogens is 156 g/mol. The van der Waals surface area contributed by atoms with Crippen molar-refractivity contribution >= 4 is 12.0 Å². The Morgan fingerprint density at radius 1 is 1.83 bits per heavy atom. The van der Waals surface area contributed by atoms with E-state index in [9.17, 15) is 0 Å².